The van der Waals surface area contributed by atoms with Gasteiger partial charge in [0.15, 0.2) is 5.78 Å². The summed E-state index contributed by atoms with van der Waals surface area (Å²) in [4.78, 5) is 16.1. The number of aryl methyl sites for hydroxylation is 1. The van der Waals surface area contributed by atoms with Crippen molar-refractivity contribution >= 4 is 29.0 Å². The maximum Gasteiger partial charge on any atom is 0.166 e. The van der Waals surface area contributed by atoms with Crippen molar-refractivity contribution in [3.63, 3.8) is 0 Å². The molecular weight excluding hydrogens is 354 g/mol. The number of carbonyl (C=O) groups is 1. The Labute approximate surface area is 147 Å². The van der Waals surface area contributed by atoms with E-state index in [1.54, 1.807) is 18.2 Å². The topological polar surface area (TPSA) is 56.0 Å². The molecule has 3 rings (SSSR count). The Morgan fingerprint density at radius 3 is 2.67 bits per heavy atom. The molecule has 0 aliphatic rings. The molecule has 2 heterocycles. The molecule has 0 amide bonds. The van der Waals surface area contributed by atoms with E-state index in [0.717, 1.165) is 5.56 Å². The number of ketones is 1. The molecule has 0 saturated carbocycles. The first-order valence-corrected chi connectivity index (χ1v) is 7.84. The fourth-order valence-corrected chi connectivity index (χ4v) is 2.54. The minimum absolute atomic E-state index is 0.119. The molecule has 0 saturated heterocycles. The molecule has 1 aromatic carbocycles. The molecule has 3 aromatic rings. The number of carbonyl (C=O) groups excluding carboxylic acids is 1. The van der Waals surface area contributed by atoms with Gasteiger partial charge in [-0.25, -0.2) is 9.37 Å². The van der Waals surface area contributed by atoms with Crippen LogP contribution in [0.15, 0.2) is 47.1 Å². The quantitative estimate of drug-likeness (QED) is 0.472. The molecular formula is C17H11Cl2FN2O2. The lowest BCUT2D eigenvalue weighted by Crippen LogP contribution is -2.03. The number of hydrogen-bond acceptors (Lipinski definition) is 4. The van der Waals surface area contributed by atoms with Gasteiger partial charge >= 0.3 is 0 Å². The highest BCUT2D eigenvalue weighted by Crippen LogP contribution is 2.22. The van der Waals surface area contributed by atoms with Gasteiger partial charge in [-0.15, -0.1) is 0 Å². The minimum atomic E-state index is -0.319. The molecule has 0 aliphatic heterocycles. The highest BCUT2D eigenvalue weighted by molar-refractivity contribution is 6.34. The Morgan fingerprint density at radius 2 is 1.92 bits per heavy atom. The summed E-state index contributed by atoms with van der Waals surface area (Å²) in [6, 6.07) is 9.13. The number of aromatic nitrogens is 2. The van der Waals surface area contributed by atoms with E-state index < -0.39 is 0 Å². The lowest BCUT2D eigenvalue weighted by atomic mass is 10.1. The smallest absolute Gasteiger partial charge is 0.166 e. The highest BCUT2D eigenvalue weighted by Gasteiger charge is 2.14. The summed E-state index contributed by atoms with van der Waals surface area (Å²) in [7, 11) is 0. The molecule has 0 spiro atoms. The summed E-state index contributed by atoms with van der Waals surface area (Å²) in [5, 5.41) is 4.40. The lowest BCUT2D eigenvalue weighted by Gasteiger charge is -2.02. The van der Waals surface area contributed by atoms with Crippen LogP contribution in [0.1, 0.15) is 22.5 Å². The molecule has 0 aliphatic carbocycles. The van der Waals surface area contributed by atoms with Crippen molar-refractivity contribution in [3.05, 3.63) is 69.9 Å². The average Bonchev–Trinajstić information content (AvgIpc) is 3.04. The summed E-state index contributed by atoms with van der Waals surface area (Å²) < 4.78 is 18.2. The fraction of sp³-hybridized carbons (Fsp3) is 0.118. The second-order valence-electron chi connectivity index (χ2n) is 5.10. The lowest BCUT2D eigenvalue weighted by molar-refractivity contribution is 0.0980. The van der Waals surface area contributed by atoms with Crippen molar-refractivity contribution in [2.45, 2.75) is 12.8 Å². The first-order valence-electron chi connectivity index (χ1n) is 7.09. The molecule has 4 nitrogen and oxygen atoms in total. The fourth-order valence-electron chi connectivity index (χ4n) is 2.18. The summed E-state index contributed by atoms with van der Waals surface area (Å²) in [6.07, 6.45) is 1.92. The molecule has 0 radical (unpaired) electrons. The predicted molar refractivity (Wildman–Crippen MR) is 88.8 cm³/mol. The number of halogens is 3. The van der Waals surface area contributed by atoms with Gasteiger partial charge in [0.05, 0.1) is 10.6 Å². The van der Waals surface area contributed by atoms with E-state index in [1.807, 2.05) is 0 Å². The first kappa shape index (κ1) is 16.6. The minimum Gasteiger partial charge on any atom is -0.361 e. The third-order valence-electron chi connectivity index (χ3n) is 3.40. The molecule has 24 heavy (non-hydrogen) atoms. The molecule has 0 atom stereocenters. The summed E-state index contributed by atoms with van der Waals surface area (Å²) in [6.45, 7) is 0. The molecule has 0 bridgehead atoms. The number of hydrogen-bond donors (Lipinski definition) is 0. The summed E-state index contributed by atoms with van der Waals surface area (Å²) in [5.74, 6) is 0.0450. The zero-order chi connectivity index (χ0) is 17.1. The van der Waals surface area contributed by atoms with E-state index in [9.17, 15) is 9.18 Å². The van der Waals surface area contributed by atoms with Crippen LogP contribution in [0, 0.1) is 5.82 Å². The molecule has 0 N–H and O–H groups in total. The van der Waals surface area contributed by atoms with E-state index in [4.69, 9.17) is 27.7 Å². The van der Waals surface area contributed by atoms with Crippen LogP contribution < -0.4 is 0 Å². The zero-order valence-corrected chi connectivity index (χ0v) is 13.8. The molecule has 7 heteroatoms. The third-order valence-corrected chi connectivity index (χ3v) is 3.91. The van der Waals surface area contributed by atoms with Crippen LogP contribution in [0.2, 0.25) is 10.2 Å². The number of nitrogens with zero attached hydrogens (tertiary/aromatic N) is 2. The third kappa shape index (κ3) is 3.80. The van der Waals surface area contributed by atoms with Gasteiger partial charge in [-0.2, -0.15) is 0 Å². The number of benzene rings is 1. The Kier molecular flexibility index (Phi) is 4.92. The van der Waals surface area contributed by atoms with Crippen LogP contribution in [0.4, 0.5) is 4.39 Å². The Hall–Kier alpha value is -2.24. The van der Waals surface area contributed by atoms with Crippen LogP contribution in [-0.2, 0) is 6.42 Å². The van der Waals surface area contributed by atoms with Crippen LogP contribution in [0.3, 0.4) is 0 Å². The van der Waals surface area contributed by atoms with Gasteiger partial charge in [0, 0.05) is 30.7 Å². The van der Waals surface area contributed by atoms with Crippen molar-refractivity contribution in [2.75, 3.05) is 0 Å². The standard InChI is InChI=1S/C17H11Cl2FN2O2/c18-11-7-14(17(19)21-9-11)16(23)6-5-13-8-15(22-24-13)10-1-3-12(20)4-2-10/h1-4,7-9H,5-6H2. The van der Waals surface area contributed by atoms with Crippen molar-refractivity contribution in [1.82, 2.24) is 10.1 Å². The first-order chi connectivity index (χ1) is 11.5. The second kappa shape index (κ2) is 7.11. The summed E-state index contributed by atoms with van der Waals surface area (Å²) in [5.41, 5.74) is 1.60. The van der Waals surface area contributed by atoms with E-state index >= 15 is 0 Å². The molecule has 0 fully saturated rings. The SMILES string of the molecule is O=C(CCc1cc(-c2ccc(F)cc2)no1)c1cc(Cl)cnc1Cl. The van der Waals surface area contributed by atoms with Crippen LogP contribution >= 0.6 is 23.2 Å². The maximum atomic E-state index is 12.9. The average molecular weight is 365 g/mol. The van der Waals surface area contributed by atoms with Gasteiger partial charge in [0.25, 0.3) is 0 Å². The van der Waals surface area contributed by atoms with E-state index in [-0.39, 0.29) is 28.7 Å². The number of rotatable bonds is 5. The Bertz CT molecular complexity index is 879. The van der Waals surface area contributed by atoms with Crippen LogP contribution in [0.25, 0.3) is 11.3 Å². The Balaban J connectivity index is 1.68. The van der Waals surface area contributed by atoms with Crippen LogP contribution in [0.5, 0.6) is 0 Å². The maximum absolute atomic E-state index is 12.9. The number of Topliss-reactive ketones (excluding diaryl/α,β-unsaturated/α-hetero) is 1. The van der Waals surface area contributed by atoms with E-state index in [0.29, 0.717) is 22.9 Å². The van der Waals surface area contributed by atoms with E-state index in [2.05, 4.69) is 10.1 Å². The second-order valence-corrected chi connectivity index (χ2v) is 5.89. The van der Waals surface area contributed by atoms with Gasteiger partial charge < -0.3 is 4.52 Å². The largest absolute Gasteiger partial charge is 0.361 e. The van der Waals surface area contributed by atoms with Gasteiger partial charge in [0.2, 0.25) is 0 Å². The molecule has 2 aromatic heterocycles. The molecule has 122 valence electrons. The highest BCUT2D eigenvalue weighted by atomic mass is 35.5. The van der Waals surface area contributed by atoms with Crippen molar-refractivity contribution in [3.8, 4) is 11.3 Å². The number of pyridine rings is 1. The van der Waals surface area contributed by atoms with E-state index in [1.165, 1.54) is 24.4 Å². The normalized spacial score (nSPS) is 10.8. The van der Waals surface area contributed by atoms with Crippen LogP contribution in [-0.4, -0.2) is 15.9 Å². The zero-order valence-electron chi connectivity index (χ0n) is 12.3. The van der Waals surface area contributed by atoms with Gasteiger partial charge in [-0.05, 0) is 30.3 Å². The molecule has 0 unspecified atom stereocenters. The van der Waals surface area contributed by atoms with Gasteiger partial charge in [-0.3, -0.25) is 4.79 Å². The monoisotopic (exact) mass is 364 g/mol. The predicted octanol–water partition coefficient (Wildman–Crippen LogP) is 5.00. The van der Waals surface area contributed by atoms with Gasteiger partial charge in [0.1, 0.15) is 22.4 Å². The van der Waals surface area contributed by atoms with Crippen molar-refractivity contribution < 1.29 is 13.7 Å². The van der Waals surface area contributed by atoms with Crippen molar-refractivity contribution in [2.24, 2.45) is 0 Å². The summed E-state index contributed by atoms with van der Waals surface area (Å²) >= 11 is 11.7. The van der Waals surface area contributed by atoms with Crippen molar-refractivity contribution in [1.29, 1.82) is 0 Å². The van der Waals surface area contributed by atoms with Gasteiger partial charge in [-0.1, -0.05) is 28.4 Å². The Morgan fingerprint density at radius 1 is 1.17 bits per heavy atom.